The van der Waals surface area contributed by atoms with Crippen LogP contribution in [-0.2, 0) is 27.1 Å². The molecule has 0 aliphatic carbocycles. The van der Waals surface area contributed by atoms with Gasteiger partial charge in [0.15, 0.2) is 0 Å². The molecule has 0 bridgehead atoms. The van der Waals surface area contributed by atoms with Gasteiger partial charge in [0, 0.05) is 12.1 Å². The molecule has 1 aliphatic heterocycles. The number of aliphatic hydroxyl groups is 1. The van der Waals surface area contributed by atoms with Crippen molar-refractivity contribution in [3.05, 3.63) is 64.0 Å². The van der Waals surface area contributed by atoms with E-state index in [1.54, 1.807) is 33.1 Å². The number of nitrogens with one attached hydrogen (secondary N) is 1. The number of carboxylic acid groups (broad SMARTS) is 1. The first kappa shape index (κ1) is 29.2. The fraction of sp³-hybridized carbons (Fsp3) is 0.500. The minimum atomic E-state index is -4.79. The van der Waals surface area contributed by atoms with Gasteiger partial charge in [-0.2, -0.15) is 13.2 Å². The monoisotopic (exact) mass is 545 g/mol. The second-order valence-corrected chi connectivity index (χ2v) is 10.8. The van der Waals surface area contributed by atoms with Gasteiger partial charge < -0.3 is 25.0 Å². The summed E-state index contributed by atoms with van der Waals surface area (Å²) >= 11 is 1.07. The fourth-order valence-electron chi connectivity index (χ4n) is 4.31. The lowest BCUT2D eigenvalue weighted by Crippen LogP contribution is -2.47. The molecule has 1 heterocycles. The predicted molar refractivity (Wildman–Crippen MR) is 132 cm³/mol. The summed E-state index contributed by atoms with van der Waals surface area (Å²) in [5, 5.41) is 23.3. The lowest BCUT2D eigenvalue weighted by molar-refractivity contribution is -0.151. The van der Waals surface area contributed by atoms with E-state index in [2.05, 4.69) is 5.32 Å². The molecule has 0 aromatic heterocycles. The highest BCUT2D eigenvalue weighted by Gasteiger charge is 2.55. The van der Waals surface area contributed by atoms with Gasteiger partial charge in [-0.1, -0.05) is 18.2 Å². The van der Waals surface area contributed by atoms with E-state index in [0.717, 1.165) is 29.5 Å². The van der Waals surface area contributed by atoms with E-state index in [9.17, 15) is 32.6 Å². The van der Waals surface area contributed by atoms with Crippen LogP contribution >= 0.6 is 11.8 Å². The van der Waals surface area contributed by atoms with Crippen molar-refractivity contribution in [1.82, 2.24) is 5.32 Å². The Bertz CT molecular complexity index is 1160. The maximum absolute atomic E-state index is 13.6. The Hall–Kier alpha value is -2.34. The zero-order chi connectivity index (χ0) is 27.8. The van der Waals surface area contributed by atoms with Gasteiger partial charge in [0.05, 0.1) is 29.9 Å². The van der Waals surface area contributed by atoms with Crippen LogP contribution in [0.15, 0.2) is 30.3 Å². The number of aliphatic hydroxyl groups excluding tert-OH is 1. The van der Waals surface area contributed by atoms with Gasteiger partial charge >= 0.3 is 12.1 Å². The number of thioether (sulfide) groups is 1. The standard InChI is InChI=1S/C26H31F4NO5S/c1-14-6-8-18(21-22(14)36-25(21,37-5)23(33)34)15(2)35-13-17(32)12-31-24(3,4)11-16-7-9-20(27)19(10-16)26(28,29)30/h6-10,15,17,31-32H,11-13H2,1-5H3,(H,33,34). The number of aliphatic carboxylic acids is 1. The van der Waals surface area contributed by atoms with Crippen LogP contribution in [0.5, 0.6) is 5.75 Å². The van der Waals surface area contributed by atoms with Crippen molar-refractivity contribution in [2.24, 2.45) is 0 Å². The van der Waals surface area contributed by atoms with Crippen LogP contribution in [0, 0.1) is 12.7 Å². The lowest BCUT2D eigenvalue weighted by Gasteiger charge is -2.42. The Morgan fingerprint density at radius 1 is 1.24 bits per heavy atom. The minimum absolute atomic E-state index is 0.0676. The Labute approximate surface area is 217 Å². The van der Waals surface area contributed by atoms with E-state index in [0.29, 0.717) is 22.4 Å². The Kier molecular flexibility index (Phi) is 8.53. The summed E-state index contributed by atoms with van der Waals surface area (Å²) in [6.45, 7) is 7.13. The number of hydrogen-bond acceptors (Lipinski definition) is 6. The maximum Gasteiger partial charge on any atom is 0.419 e. The molecule has 0 amide bonds. The number of β-amino-alcohol motifs (C(OH)–C–C–N with tert-alkyl or cyclic N) is 1. The third-order valence-corrected chi connectivity index (χ3v) is 7.34. The first-order valence-electron chi connectivity index (χ1n) is 11.6. The van der Waals surface area contributed by atoms with Gasteiger partial charge in [0.1, 0.15) is 11.6 Å². The van der Waals surface area contributed by atoms with E-state index < -0.39 is 46.2 Å². The predicted octanol–water partition coefficient (Wildman–Crippen LogP) is 5.20. The molecular formula is C26H31F4NO5S. The highest BCUT2D eigenvalue weighted by Crippen LogP contribution is 2.55. The molecule has 0 saturated carbocycles. The third-order valence-electron chi connectivity index (χ3n) is 6.31. The highest BCUT2D eigenvalue weighted by atomic mass is 32.2. The third kappa shape index (κ3) is 6.22. The lowest BCUT2D eigenvalue weighted by atomic mass is 9.90. The summed E-state index contributed by atoms with van der Waals surface area (Å²) in [7, 11) is 0. The molecule has 3 N–H and O–H groups in total. The average molecular weight is 546 g/mol. The molecule has 3 rings (SSSR count). The van der Waals surface area contributed by atoms with Gasteiger partial charge in [-0.05, 0) is 69.2 Å². The van der Waals surface area contributed by atoms with Crippen LogP contribution in [0.3, 0.4) is 0 Å². The zero-order valence-electron chi connectivity index (χ0n) is 21.2. The number of carbonyl (C=O) groups is 1. The molecule has 11 heteroatoms. The summed E-state index contributed by atoms with van der Waals surface area (Å²) in [4.78, 5) is 10.4. The first-order chi connectivity index (χ1) is 17.1. The Morgan fingerprint density at radius 3 is 2.51 bits per heavy atom. The number of alkyl halides is 3. The SMILES string of the molecule is CSC1(C(=O)O)Oc2c(C)ccc(C(C)OCC(O)CNC(C)(C)Cc3ccc(F)c(C(F)(F)F)c3)c21. The number of carboxylic acids is 1. The Morgan fingerprint density at radius 2 is 1.92 bits per heavy atom. The number of halogens is 4. The first-order valence-corrected chi connectivity index (χ1v) is 12.9. The van der Waals surface area contributed by atoms with Crippen LogP contribution in [0.2, 0.25) is 0 Å². The molecule has 0 spiro atoms. The van der Waals surface area contributed by atoms with E-state index >= 15 is 0 Å². The van der Waals surface area contributed by atoms with Crippen LogP contribution in [-0.4, -0.2) is 47.2 Å². The fourth-order valence-corrected chi connectivity index (χ4v) is 5.07. The number of ether oxygens (including phenoxy) is 2. The molecule has 6 nitrogen and oxygen atoms in total. The summed E-state index contributed by atoms with van der Waals surface area (Å²) in [5.74, 6) is -1.92. The summed E-state index contributed by atoms with van der Waals surface area (Å²) in [6, 6.07) is 6.52. The topological polar surface area (TPSA) is 88.0 Å². The normalized spacial score (nSPS) is 19.0. The van der Waals surface area contributed by atoms with Crippen molar-refractivity contribution >= 4 is 17.7 Å². The summed E-state index contributed by atoms with van der Waals surface area (Å²) in [5.41, 5.74) is 0.303. The van der Waals surface area contributed by atoms with Crippen molar-refractivity contribution in [1.29, 1.82) is 0 Å². The van der Waals surface area contributed by atoms with Crippen molar-refractivity contribution in [3.63, 3.8) is 0 Å². The molecule has 3 atom stereocenters. The highest BCUT2D eigenvalue weighted by molar-refractivity contribution is 8.00. The molecule has 0 radical (unpaired) electrons. The van der Waals surface area contributed by atoms with Gasteiger partial charge in [-0.25, -0.2) is 9.18 Å². The molecule has 0 saturated heterocycles. The number of fused-ring (bicyclic) bond motifs is 1. The molecular weight excluding hydrogens is 514 g/mol. The summed E-state index contributed by atoms with van der Waals surface area (Å²) in [6.07, 6.45) is -4.44. The van der Waals surface area contributed by atoms with Crippen LogP contribution < -0.4 is 10.1 Å². The van der Waals surface area contributed by atoms with Crippen molar-refractivity contribution in [2.75, 3.05) is 19.4 Å². The average Bonchev–Trinajstić information content (AvgIpc) is 2.78. The summed E-state index contributed by atoms with van der Waals surface area (Å²) < 4.78 is 64.1. The number of aryl methyl sites for hydroxylation is 1. The van der Waals surface area contributed by atoms with E-state index in [1.165, 1.54) is 6.07 Å². The largest absolute Gasteiger partial charge is 0.477 e. The van der Waals surface area contributed by atoms with E-state index in [4.69, 9.17) is 9.47 Å². The number of rotatable bonds is 11. The van der Waals surface area contributed by atoms with Crippen molar-refractivity contribution < 1.29 is 42.0 Å². The van der Waals surface area contributed by atoms with Crippen molar-refractivity contribution in [2.45, 2.75) is 63.0 Å². The maximum atomic E-state index is 13.6. The number of benzene rings is 2. The van der Waals surface area contributed by atoms with Gasteiger partial charge in [-0.3, -0.25) is 0 Å². The van der Waals surface area contributed by atoms with Gasteiger partial charge in [-0.15, -0.1) is 11.8 Å². The molecule has 204 valence electrons. The molecule has 37 heavy (non-hydrogen) atoms. The minimum Gasteiger partial charge on any atom is -0.477 e. The number of hydrogen-bond donors (Lipinski definition) is 3. The molecule has 0 fully saturated rings. The van der Waals surface area contributed by atoms with Crippen LogP contribution in [0.4, 0.5) is 17.6 Å². The Balaban J connectivity index is 1.60. The molecule has 2 aromatic carbocycles. The second-order valence-electron chi connectivity index (χ2n) is 9.79. The quantitative estimate of drug-likeness (QED) is 0.335. The molecule has 3 unspecified atom stereocenters. The smallest absolute Gasteiger partial charge is 0.419 e. The van der Waals surface area contributed by atoms with Crippen LogP contribution in [0.1, 0.15) is 54.7 Å². The zero-order valence-corrected chi connectivity index (χ0v) is 22.0. The van der Waals surface area contributed by atoms with Gasteiger partial charge in [0.25, 0.3) is 4.93 Å². The second kappa shape index (κ2) is 10.8. The van der Waals surface area contributed by atoms with E-state index in [-0.39, 0.29) is 19.6 Å². The van der Waals surface area contributed by atoms with Crippen molar-refractivity contribution in [3.8, 4) is 5.75 Å². The van der Waals surface area contributed by atoms with Crippen LogP contribution in [0.25, 0.3) is 0 Å². The van der Waals surface area contributed by atoms with Gasteiger partial charge in [0.2, 0.25) is 0 Å². The molecule has 2 aromatic rings. The van der Waals surface area contributed by atoms with E-state index in [1.807, 2.05) is 13.0 Å². The molecule has 1 aliphatic rings.